The maximum atomic E-state index is 5.89. The van der Waals surface area contributed by atoms with E-state index >= 15 is 0 Å². The normalized spacial score (nSPS) is 11.8. The van der Waals surface area contributed by atoms with Gasteiger partial charge in [-0.1, -0.05) is 29.3 Å². The van der Waals surface area contributed by atoms with Gasteiger partial charge in [0.25, 0.3) is 0 Å². The van der Waals surface area contributed by atoms with Crippen molar-refractivity contribution in [2.45, 2.75) is 47.1 Å². The van der Waals surface area contributed by atoms with E-state index in [0.717, 1.165) is 12.5 Å². The monoisotopic (exact) mass is 296 g/mol. The highest BCUT2D eigenvalue weighted by molar-refractivity contribution is 6.60. The summed E-state index contributed by atoms with van der Waals surface area (Å²) in [6.45, 7) is 12.2. The van der Waals surface area contributed by atoms with Crippen molar-refractivity contribution < 1.29 is 13.3 Å². The number of aryl methyl sites for hydroxylation is 3. The van der Waals surface area contributed by atoms with Crippen LogP contribution in [0.4, 0.5) is 0 Å². The largest absolute Gasteiger partial charge is 0.501 e. The van der Waals surface area contributed by atoms with E-state index in [9.17, 15) is 0 Å². The Morgan fingerprint density at radius 3 is 1.65 bits per heavy atom. The molecule has 0 aliphatic heterocycles. The summed E-state index contributed by atoms with van der Waals surface area (Å²) >= 11 is 0. The Bertz CT molecular complexity index is 369. The van der Waals surface area contributed by atoms with Crippen molar-refractivity contribution in [3.05, 3.63) is 34.9 Å². The lowest BCUT2D eigenvalue weighted by molar-refractivity contribution is 0.0714. The molecule has 4 heteroatoms. The highest BCUT2D eigenvalue weighted by Crippen LogP contribution is 2.20. The summed E-state index contributed by atoms with van der Waals surface area (Å²) in [5.41, 5.74) is 3.94. The summed E-state index contributed by atoms with van der Waals surface area (Å²) in [6, 6.07) is 7.50. The van der Waals surface area contributed by atoms with E-state index in [1.54, 1.807) is 0 Å². The fourth-order valence-corrected chi connectivity index (χ4v) is 5.11. The molecule has 0 saturated carbocycles. The maximum absolute atomic E-state index is 5.89. The van der Waals surface area contributed by atoms with Crippen LogP contribution in [0.5, 0.6) is 0 Å². The Morgan fingerprint density at radius 1 is 0.800 bits per heavy atom. The zero-order valence-electron chi connectivity index (χ0n) is 13.5. The van der Waals surface area contributed by atoms with Gasteiger partial charge in [-0.15, -0.1) is 0 Å². The first kappa shape index (κ1) is 17.4. The van der Waals surface area contributed by atoms with Crippen molar-refractivity contribution in [3.8, 4) is 0 Å². The third kappa shape index (κ3) is 5.36. The van der Waals surface area contributed by atoms with Gasteiger partial charge < -0.3 is 13.3 Å². The van der Waals surface area contributed by atoms with Gasteiger partial charge in [-0.25, -0.2) is 0 Å². The van der Waals surface area contributed by atoms with Crippen molar-refractivity contribution in [2.24, 2.45) is 0 Å². The van der Waals surface area contributed by atoms with E-state index < -0.39 is 8.80 Å². The molecular formula is C16H28O3Si. The molecule has 0 amide bonds. The smallest absolute Gasteiger partial charge is 0.374 e. The van der Waals surface area contributed by atoms with Gasteiger partial charge in [0.15, 0.2) is 0 Å². The molecule has 0 radical (unpaired) electrons. The Labute approximate surface area is 124 Å². The molecule has 0 spiro atoms. The minimum absolute atomic E-state index is 0.638. The topological polar surface area (TPSA) is 27.7 Å². The van der Waals surface area contributed by atoms with Crippen LogP contribution in [0.25, 0.3) is 0 Å². The van der Waals surface area contributed by atoms with E-state index in [0.29, 0.717) is 19.8 Å². The van der Waals surface area contributed by atoms with Crippen LogP contribution in [0.3, 0.4) is 0 Å². The molecule has 0 bridgehead atoms. The van der Waals surface area contributed by atoms with Gasteiger partial charge in [-0.05, 0) is 46.6 Å². The van der Waals surface area contributed by atoms with Gasteiger partial charge in [0.2, 0.25) is 0 Å². The molecule has 0 fully saturated rings. The standard InChI is InChI=1S/C16H28O3Si/c1-6-17-20(18-7-2,19-8-3)10-9-16-12-14(4)11-15(5)13-16/h11-13H,6-10H2,1-5H3. The first-order valence-corrected chi connectivity index (χ1v) is 9.47. The molecule has 0 aliphatic carbocycles. The molecule has 20 heavy (non-hydrogen) atoms. The summed E-state index contributed by atoms with van der Waals surface area (Å²) in [4.78, 5) is 0. The summed E-state index contributed by atoms with van der Waals surface area (Å²) in [5.74, 6) is 0. The van der Waals surface area contributed by atoms with E-state index in [1.807, 2.05) is 20.8 Å². The third-order valence-corrected chi connectivity index (χ3v) is 6.14. The third-order valence-electron chi connectivity index (χ3n) is 3.09. The Kier molecular flexibility index (Phi) is 7.44. The van der Waals surface area contributed by atoms with Crippen molar-refractivity contribution in [2.75, 3.05) is 19.8 Å². The second-order valence-electron chi connectivity index (χ2n) is 4.98. The first-order chi connectivity index (χ1) is 9.55. The average Bonchev–Trinajstić information content (AvgIpc) is 2.36. The van der Waals surface area contributed by atoms with Crippen LogP contribution in [0, 0.1) is 13.8 Å². The summed E-state index contributed by atoms with van der Waals surface area (Å²) < 4.78 is 17.7. The highest BCUT2D eigenvalue weighted by Gasteiger charge is 2.39. The lowest BCUT2D eigenvalue weighted by Gasteiger charge is -2.28. The Hall–Kier alpha value is -0.683. The van der Waals surface area contributed by atoms with Gasteiger partial charge in [0, 0.05) is 25.9 Å². The summed E-state index contributed by atoms with van der Waals surface area (Å²) in [6.07, 6.45) is 0.939. The highest BCUT2D eigenvalue weighted by atomic mass is 28.4. The second-order valence-corrected chi connectivity index (χ2v) is 7.71. The van der Waals surface area contributed by atoms with Crippen LogP contribution in [0.2, 0.25) is 6.04 Å². The lowest BCUT2D eigenvalue weighted by Crippen LogP contribution is -2.46. The predicted octanol–water partition coefficient (Wildman–Crippen LogP) is 3.89. The second kappa shape index (κ2) is 8.57. The summed E-state index contributed by atoms with van der Waals surface area (Å²) in [5, 5.41) is 0. The zero-order chi connectivity index (χ0) is 15.0. The van der Waals surface area contributed by atoms with Crippen molar-refractivity contribution in [1.29, 1.82) is 0 Å². The van der Waals surface area contributed by atoms with Crippen molar-refractivity contribution >= 4 is 8.80 Å². The fraction of sp³-hybridized carbons (Fsp3) is 0.625. The summed E-state index contributed by atoms with van der Waals surface area (Å²) in [7, 11) is -2.51. The molecular weight excluding hydrogens is 268 g/mol. The molecule has 0 unspecified atom stereocenters. The number of hydrogen-bond donors (Lipinski definition) is 0. The molecule has 0 saturated heterocycles. The lowest BCUT2D eigenvalue weighted by atomic mass is 10.1. The number of rotatable bonds is 9. The van der Waals surface area contributed by atoms with Crippen LogP contribution in [0.15, 0.2) is 18.2 Å². The first-order valence-electron chi connectivity index (χ1n) is 7.54. The fourth-order valence-electron chi connectivity index (χ4n) is 2.51. The van der Waals surface area contributed by atoms with Crippen LogP contribution >= 0.6 is 0 Å². The minimum atomic E-state index is -2.51. The predicted molar refractivity (Wildman–Crippen MR) is 85.1 cm³/mol. The van der Waals surface area contributed by atoms with Crippen molar-refractivity contribution in [1.82, 2.24) is 0 Å². The van der Waals surface area contributed by atoms with E-state index in [2.05, 4.69) is 32.0 Å². The minimum Gasteiger partial charge on any atom is -0.374 e. The SMILES string of the molecule is CCO[Si](CCc1cc(C)cc(C)c1)(OCC)OCC. The van der Waals surface area contributed by atoms with Gasteiger partial charge in [-0.2, -0.15) is 0 Å². The molecule has 1 aromatic carbocycles. The molecule has 0 heterocycles. The Morgan fingerprint density at radius 2 is 1.25 bits per heavy atom. The van der Waals surface area contributed by atoms with Gasteiger partial charge in [-0.3, -0.25) is 0 Å². The van der Waals surface area contributed by atoms with Crippen LogP contribution in [0.1, 0.15) is 37.5 Å². The molecule has 0 N–H and O–H groups in total. The molecule has 1 aromatic rings. The quantitative estimate of drug-likeness (QED) is 0.647. The zero-order valence-corrected chi connectivity index (χ0v) is 14.5. The molecule has 3 nitrogen and oxygen atoms in total. The van der Waals surface area contributed by atoms with Crippen LogP contribution in [-0.4, -0.2) is 28.6 Å². The molecule has 0 aliphatic rings. The molecule has 1 rings (SSSR count). The number of benzene rings is 1. The van der Waals surface area contributed by atoms with Gasteiger partial charge in [0.05, 0.1) is 0 Å². The van der Waals surface area contributed by atoms with Gasteiger partial charge in [0.1, 0.15) is 0 Å². The van der Waals surface area contributed by atoms with E-state index in [1.165, 1.54) is 16.7 Å². The van der Waals surface area contributed by atoms with E-state index in [-0.39, 0.29) is 0 Å². The van der Waals surface area contributed by atoms with Gasteiger partial charge >= 0.3 is 8.80 Å². The molecule has 0 aromatic heterocycles. The molecule has 114 valence electrons. The van der Waals surface area contributed by atoms with Crippen LogP contribution in [-0.2, 0) is 19.7 Å². The Balaban J connectivity index is 2.78. The average molecular weight is 296 g/mol. The number of hydrogen-bond acceptors (Lipinski definition) is 3. The van der Waals surface area contributed by atoms with Crippen molar-refractivity contribution in [3.63, 3.8) is 0 Å². The van der Waals surface area contributed by atoms with Crippen LogP contribution < -0.4 is 0 Å². The molecule has 0 atom stereocenters. The maximum Gasteiger partial charge on any atom is 0.501 e. The van der Waals surface area contributed by atoms with E-state index in [4.69, 9.17) is 13.3 Å².